The minimum absolute atomic E-state index is 0.0239. The lowest BCUT2D eigenvalue weighted by Crippen LogP contribution is -2.33. The normalized spacial score (nSPS) is 16.5. The summed E-state index contributed by atoms with van der Waals surface area (Å²) >= 11 is 0. The van der Waals surface area contributed by atoms with Gasteiger partial charge in [-0.2, -0.15) is 0 Å². The van der Waals surface area contributed by atoms with Crippen LogP contribution in [0.4, 0.5) is 0 Å². The van der Waals surface area contributed by atoms with Gasteiger partial charge in [-0.3, -0.25) is 4.79 Å². The Labute approximate surface area is 123 Å². The smallest absolute Gasteiger partial charge is 0.268 e. The number of amides is 1. The molecule has 1 N–H and O–H groups in total. The first-order valence-electron chi connectivity index (χ1n) is 6.87. The maximum Gasteiger partial charge on any atom is 0.268 e. The van der Waals surface area contributed by atoms with Gasteiger partial charge >= 0.3 is 0 Å². The van der Waals surface area contributed by atoms with Crippen LogP contribution < -0.4 is 5.32 Å². The molecule has 1 aliphatic carbocycles. The quantitative estimate of drug-likeness (QED) is 0.848. The van der Waals surface area contributed by atoms with E-state index in [0.29, 0.717) is 12.2 Å². The Balaban J connectivity index is 2.23. The van der Waals surface area contributed by atoms with Crippen LogP contribution >= 0.6 is 10.7 Å². The van der Waals surface area contributed by atoms with Gasteiger partial charge in [0.15, 0.2) is 0 Å². The van der Waals surface area contributed by atoms with Gasteiger partial charge in [0.05, 0.1) is 0 Å². The lowest BCUT2D eigenvalue weighted by molar-refractivity contribution is 0.0928. The van der Waals surface area contributed by atoms with Crippen molar-refractivity contribution in [1.82, 2.24) is 9.88 Å². The third-order valence-corrected chi connectivity index (χ3v) is 4.86. The number of nitrogens with one attached hydrogen (secondary N) is 1. The fraction of sp³-hybridized carbons (Fsp3) is 0.615. The minimum atomic E-state index is -3.81. The van der Waals surface area contributed by atoms with E-state index in [1.165, 1.54) is 12.3 Å². The van der Waals surface area contributed by atoms with Crippen LogP contribution in [-0.4, -0.2) is 24.9 Å². The number of halogens is 1. The predicted molar refractivity (Wildman–Crippen MR) is 77.5 cm³/mol. The summed E-state index contributed by atoms with van der Waals surface area (Å²) in [5.41, 5.74) is 0.359. The summed E-state index contributed by atoms with van der Waals surface area (Å²) in [5, 5.41) is 2.96. The standard InChI is InChI=1S/C13H19ClN2O3S/c1-2-7-16-9-11(20(14,18)19)8-12(16)13(17)15-10-5-3-4-6-10/h8-10H,2-7H2,1H3,(H,15,17). The van der Waals surface area contributed by atoms with Crippen molar-refractivity contribution in [2.24, 2.45) is 0 Å². The summed E-state index contributed by atoms with van der Waals surface area (Å²) in [6, 6.07) is 1.55. The molecular weight excluding hydrogens is 300 g/mol. The van der Waals surface area contributed by atoms with Gasteiger partial charge in [0.1, 0.15) is 10.6 Å². The van der Waals surface area contributed by atoms with Crippen molar-refractivity contribution in [2.75, 3.05) is 0 Å². The number of hydrogen-bond acceptors (Lipinski definition) is 3. The van der Waals surface area contributed by atoms with E-state index < -0.39 is 9.05 Å². The van der Waals surface area contributed by atoms with E-state index in [-0.39, 0.29) is 16.8 Å². The highest BCUT2D eigenvalue weighted by Gasteiger charge is 2.23. The van der Waals surface area contributed by atoms with Crippen molar-refractivity contribution in [1.29, 1.82) is 0 Å². The number of carbonyl (C=O) groups excluding carboxylic acids is 1. The Hall–Kier alpha value is -1.01. The molecule has 1 aromatic rings. The molecule has 0 aliphatic heterocycles. The van der Waals surface area contributed by atoms with Crippen molar-refractivity contribution < 1.29 is 13.2 Å². The SMILES string of the molecule is CCCn1cc(S(=O)(=O)Cl)cc1C(=O)NC1CCCC1. The zero-order valence-corrected chi connectivity index (χ0v) is 13.0. The highest BCUT2D eigenvalue weighted by Crippen LogP contribution is 2.21. The van der Waals surface area contributed by atoms with E-state index in [2.05, 4.69) is 5.32 Å². The monoisotopic (exact) mass is 318 g/mol. The van der Waals surface area contributed by atoms with Gasteiger partial charge < -0.3 is 9.88 Å². The zero-order valence-electron chi connectivity index (χ0n) is 11.4. The van der Waals surface area contributed by atoms with Crippen molar-refractivity contribution in [2.45, 2.75) is 56.5 Å². The zero-order chi connectivity index (χ0) is 14.8. The molecule has 7 heteroatoms. The molecule has 1 fully saturated rings. The molecule has 1 saturated carbocycles. The van der Waals surface area contributed by atoms with E-state index >= 15 is 0 Å². The lowest BCUT2D eigenvalue weighted by atomic mass is 10.2. The second-order valence-corrected chi connectivity index (χ2v) is 7.71. The van der Waals surface area contributed by atoms with Crippen LogP contribution in [0.2, 0.25) is 0 Å². The average molecular weight is 319 g/mol. The average Bonchev–Trinajstić information content (AvgIpc) is 2.97. The molecule has 0 bridgehead atoms. The van der Waals surface area contributed by atoms with Gasteiger partial charge in [-0.15, -0.1) is 0 Å². The molecule has 0 radical (unpaired) electrons. The van der Waals surface area contributed by atoms with Crippen LogP contribution in [0.15, 0.2) is 17.2 Å². The fourth-order valence-electron chi connectivity index (χ4n) is 2.56. The van der Waals surface area contributed by atoms with Crippen LogP contribution in [-0.2, 0) is 15.6 Å². The number of carbonyl (C=O) groups is 1. The third kappa shape index (κ3) is 3.55. The molecule has 112 valence electrons. The first-order chi connectivity index (χ1) is 9.41. The molecule has 1 aliphatic rings. The Morgan fingerprint density at radius 2 is 2.10 bits per heavy atom. The summed E-state index contributed by atoms with van der Waals surface area (Å²) in [4.78, 5) is 12.2. The molecule has 0 saturated heterocycles. The second kappa shape index (κ2) is 6.18. The molecule has 1 heterocycles. The number of rotatable bonds is 5. The van der Waals surface area contributed by atoms with E-state index in [9.17, 15) is 13.2 Å². The van der Waals surface area contributed by atoms with Gasteiger partial charge in [0.25, 0.3) is 15.0 Å². The maximum atomic E-state index is 12.3. The predicted octanol–water partition coefficient (Wildman–Crippen LogP) is 2.50. The lowest BCUT2D eigenvalue weighted by Gasteiger charge is -2.13. The molecule has 1 amide bonds. The van der Waals surface area contributed by atoms with Crippen LogP contribution in [0.1, 0.15) is 49.5 Å². The first-order valence-corrected chi connectivity index (χ1v) is 9.18. The molecular formula is C13H19ClN2O3S. The maximum absolute atomic E-state index is 12.3. The van der Waals surface area contributed by atoms with E-state index in [4.69, 9.17) is 10.7 Å². The minimum Gasteiger partial charge on any atom is -0.348 e. The van der Waals surface area contributed by atoms with Crippen molar-refractivity contribution in [3.63, 3.8) is 0 Å². The molecule has 0 spiro atoms. The number of hydrogen-bond donors (Lipinski definition) is 1. The van der Waals surface area contributed by atoms with Gasteiger partial charge in [-0.25, -0.2) is 8.42 Å². The van der Waals surface area contributed by atoms with Crippen LogP contribution in [0, 0.1) is 0 Å². The van der Waals surface area contributed by atoms with Gasteiger partial charge in [-0.05, 0) is 25.3 Å². The molecule has 0 atom stereocenters. The summed E-state index contributed by atoms with van der Waals surface area (Å²) in [6.07, 6.45) is 6.46. The Bertz CT molecular complexity index is 589. The number of nitrogens with zero attached hydrogens (tertiary/aromatic N) is 1. The first kappa shape index (κ1) is 15.4. The summed E-state index contributed by atoms with van der Waals surface area (Å²) in [5.74, 6) is -0.225. The number of aromatic nitrogens is 1. The topological polar surface area (TPSA) is 68.2 Å². The van der Waals surface area contributed by atoms with Gasteiger partial charge in [-0.1, -0.05) is 19.8 Å². The second-order valence-electron chi connectivity index (χ2n) is 5.15. The molecule has 20 heavy (non-hydrogen) atoms. The highest BCUT2D eigenvalue weighted by atomic mass is 35.7. The van der Waals surface area contributed by atoms with E-state index in [1.54, 1.807) is 4.57 Å². The Kier molecular flexibility index (Phi) is 4.75. The molecule has 5 nitrogen and oxygen atoms in total. The Morgan fingerprint density at radius 1 is 1.45 bits per heavy atom. The summed E-state index contributed by atoms with van der Waals surface area (Å²) in [7, 11) is 1.53. The van der Waals surface area contributed by atoms with E-state index in [0.717, 1.165) is 32.1 Å². The summed E-state index contributed by atoms with van der Waals surface area (Å²) < 4.78 is 24.4. The van der Waals surface area contributed by atoms with Crippen LogP contribution in [0.3, 0.4) is 0 Å². The van der Waals surface area contributed by atoms with E-state index in [1.807, 2.05) is 6.92 Å². The van der Waals surface area contributed by atoms with Crippen LogP contribution in [0.5, 0.6) is 0 Å². The Morgan fingerprint density at radius 3 is 2.65 bits per heavy atom. The highest BCUT2D eigenvalue weighted by molar-refractivity contribution is 8.13. The van der Waals surface area contributed by atoms with Crippen molar-refractivity contribution in [3.05, 3.63) is 18.0 Å². The van der Waals surface area contributed by atoms with Crippen molar-refractivity contribution >= 4 is 25.6 Å². The van der Waals surface area contributed by atoms with Gasteiger partial charge in [0.2, 0.25) is 0 Å². The molecule has 1 aromatic heterocycles. The van der Waals surface area contributed by atoms with Crippen LogP contribution in [0.25, 0.3) is 0 Å². The largest absolute Gasteiger partial charge is 0.348 e. The molecule has 2 rings (SSSR count). The molecule has 0 unspecified atom stereocenters. The summed E-state index contributed by atoms with van der Waals surface area (Å²) in [6.45, 7) is 2.55. The number of aryl methyl sites for hydroxylation is 1. The fourth-order valence-corrected chi connectivity index (χ4v) is 3.32. The van der Waals surface area contributed by atoms with Gasteiger partial charge in [0, 0.05) is 29.5 Å². The third-order valence-electron chi connectivity index (χ3n) is 3.54. The molecule has 0 aromatic carbocycles. The van der Waals surface area contributed by atoms with Crippen molar-refractivity contribution in [3.8, 4) is 0 Å².